The molecule has 103 valence electrons. The number of nitrogens with zero attached hydrogens (tertiary/aromatic N) is 1. The molecular weight excluding hydrogens is 257 g/mol. The average Bonchev–Trinajstić information content (AvgIpc) is 2.70. The molecule has 1 aliphatic rings. The number of rotatable bonds is 2. The third-order valence-corrected chi connectivity index (χ3v) is 3.33. The maximum absolute atomic E-state index is 12.4. The van der Waals surface area contributed by atoms with E-state index >= 15 is 0 Å². The molecular formula is C13H14F3N2O. The van der Waals surface area contributed by atoms with Crippen molar-refractivity contribution in [1.29, 1.82) is 0 Å². The van der Waals surface area contributed by atoms with Gasteiger partial charge in [-0.25, -0.2) is 0 Å². The average molecular weight is 271 g/mol. The molecule has 2 unspecified atom stereocenters. The van der Waals surface area contributed by atoms with Crippen molar-refractivity contribution in [3.05, 3.63) is 41.8 Å². The fourth-order valence-electron chi connectivity index (χ4n) is 2.30. The van der Waals surface area contributed by atoms with Gasteiger partial charge in [-0.2, -0.15) is 13.2 Å². The van der Waals surface area contributed by atoms with E-state index in [1.165, 1.54) is 12.1 Å². The van der Waals surface area contributed by atoms with Crippen LogP contribution in [0, 0.1) is 6.42 Å². The zero-order chi connectivity index (χ0) is 14.2. The summed E-state index contributed by atoms with van der Waals surface area (Å²) in [5.74, 6) is -0.526. The van der Waals surface area contributed by atoms with E-state index < -0.39 is 23.7 Å². The molecule has 1 aromatic rings. The van der Waals surface area contributed by atoms with E-state index in [0.717, 1.165) is 17.7 Å². The van der Waals surface area contributed by atoms with Crippen molar-refractivity contribution in [1.82, 2.24) is 4.90 Å². The van der Waals surface area contributed by atoms with Gasteiger partial charge in [0, 0.05) is 12.5 Å². The van der Waals surface area contributed by atoms with Gasteiger partial charge in [-0.1, -0.05) is 12.1 Å². The highest BCUT2D eigenvalue weighted by Crippen LogP contribution is 2.33. The highest BCUT2D eigenvalue weighted by Gasteiger charge is 2.35. The fourth-order valence-corrected chi connectivity index (χ4v) is 2.30. The number of hydrogen-bond acceptors (Lipinski definition) is 2. The minimum absolute atomic E-state index is 0.0789. The fraction of sp³-hybridized carbons (Fsp3) is 0.385. The number of primary amides is 1. The zero-order valence-electron chi connectivity index (χ0n) is 10.3. The molecule has 0 bridgehead atoms. The lowest BCUT2D eigenvalue weighted by molar-refractivity contribution is -0.137. The number of nitrogens with two attached hydrogens (primary N) is 1. The topological polar surface area (TPSA) is 46.3 Å². The third-order valence-electron chi connectivity index (χ3n) is 3.33. The zero-order valence-corrected chi connectivity index (χ0v) is 10.3. The quantitative estimate of drug-likeness (QED) is 0.891. The van der Waals surface area contributed by atoms with Crippen molar-refractivity contribution in [2.24, 2.45) is 5.73 Å². The molecule has 2 rings (SSSR count). The molecule has 1 saturated heterocycles. The van der Waals surface area contributed by atoms with Crippen LogP contribution in [0.5, 0.6) is 0 Å². The lowest BCUT2D eigenvalue weighted by Gasteiger charge is -2.14. The Kier molecular flexibility index (Phi) is 3.54. The Morgan fingerprint density at radius 3 is 2.32 bits per heavy atom. The van der Waals surface area contributed by atoms with Gasteiger partial charge >= 0.3 is 6.18 Å². The summed E-state index contributed by atoms with van der Waals surface area (Å²) in [6.45, 7) is 0.568. The number of hydrogen-bond donors (Lipinski definition) is 1. The number of likely N-dealkylation sites (tertiary alicyclic amines) is 1. The van der Waals surface area contributed by atoms with E-state index in [-0.39, 0.29) is 5.92 Å². The maximum Gasteiger partial charge on any atom is 0.416 e. The van der Waals surface area contributed by atoms with Crippen molar-refractivity contribution < 1.29 is 18.0 Å². The van der Waals surface area contributed by atoms with Gasteiger partial charge in [-0.15, -0.1) is 0 Å². The van der Waals surface area contributed by atoms with Gasteiger partial charge in [-0.3, -0.25) is 9.69 Å². The number of alkyl halides is 3. The standard InChI is InChI=1S/C13H14F3N2O/c1-18-7-9(6-11(18)12(17)19)8-2-4-10(5-3-8)13(14,15)16/h2-6,9,11H,7H2,1H3,(H2,17,19). The van der Waals surface area contributed by atoms with E-state index in [1.807, 2.05) is 0 Å². The van der Waals surface area contributed by atoms with Crippen molar-refractivity contribution in [2.75, 3.05) is 13.6 Å². The molecule has 0 aliphatic carbocycles. The molecule has 1 radical (unpaired) electrons. The molecule has 1 amide bonds. The summed E-state index contributed by atoms with van der Waals surface area (Å²) in [6.07, 6.45) is -2.56. The van der Waals surface area contributed by atoms with E-state index in [2.05, 4.69) is 0 Å². The molecule has 1 aromatic carbocycles. The molecule has 0 saturated carbocycles. The molecule has 1 fully saturated rings. The van der Waals surface area contributed by atoms with E-state index in [4.69, 9.17) is 5.73 Å². The molecule has 0 aromatic heterocycles. The summed E-state index contributed by atoms with van der Waals surface area (Å²) >= 11 is 0. The van der Waals surface area contributed by atoms with E-state index in [1.54, 1.807) is 18.4 Å². The molecule has 6 heteroatoms. The Bertz CT molecular complexity index is 470. The maximum atomic E-state index is 12.4. The highest BCUT2D eigenvalue weighted by molar-refractivity contribution is 5.82. The second kappa shape index (κ2) is 4.85. The van der Waals surface area contributed by atoms with Gasteiger partial charge in [-0.05, 0) is 31.2 Å². The number of halogens is 3. The third kappa shape index (κ3) is 2.89. The number of carbonyl (C=O) groups excluding carboxylic acids is 1. The van der Waals surface area contributed by atoms with Gasteiger partial charge < -0.3 is 5.73 Å². The summed E-state index contributed by atoms with van der Waals surface area (Å²) in [4.78, 5) is 13.0. The Hall–Kier alpha value is -1.56. The monoisotopic (exact) mass is 271 g/mol. The van der Waals surface area contributed by atoms with Crippen LogP contribution in [-0.2, 0) is 11.0 Å². The van der Waals surface area contributed by atoms with Crippen LogP contribution in [0.1, 0.15) is 17.0 Å². The van der Waals surface area contributed by atoms with E-state index in [0.29, 0.717) is 6.54 Å². The van der Waals surface area contributed by atoms with Crippen molar-refractivity contribution in [3.8, 4) is 0 Å². The van der Waals surface area contributed by atoms with E-state index in [9.17, 15) is 18.0 Å². The van der Waals surface area contributed by atoms with Crippen molar-refractivity contribution >= 4 is 5.91 Å². The first-order chi connectivity index (χ1) is 8.79. The van der Waals surface area contributed by atoms with Gasteiger partial charge in [0.15, 0.2) is 0 Å². The summed E-state index contributed by atoms with van der Waals surface area (Å²) in [5, 5.41) is 0. The van der Waals surface area contributed by atoms with Gasteiger partial charge in [0.2, 0.25) is 5.91 Å². The molecule has 1 aliphatic heterocycles. The Labute approximate surface area is 109 Å². The lowest BCUT2D eigenvalue weighted by atomic mass is 9.95. The van der Waals surface area contributed by atoms with Crippen LogP contribution >= 0.6 is 0 Å². The van der Waals surface area contributed by atoms with Gasteiger partial charge in [0.25, 0.3) is 0 Å². The Balaban J connectivity index is 2.14. The van der Waals surface area contributed by atoms with Crippen molar-refractivity contribution in [2.45, 2.75) is 18.1 Å². The van der Waals surface area contributed by atoms with Crippen LogP contribution in [0.2, 0.25) is 0 Å². The Morgan fingerprint density at radius 2 is 1.89 bits per heavy atom. The van der Waals surface area contributed by atoms with Crippen LogP contribution in [0.4, 0.5) is 13.2 Å². The van der Waals surface area contributed by atoms with Crippen molar-refractivity contribution in [3.63, 3.8) is 0 Å². The minimum atomic E-state index is -4.33. The van der Waals surface area contributed by atoms with Crippen LogP contribution in [0.15, 0.2) is 24.3 Å². The SMILES string of the molecule is CN1CC(c2ccc(C(F)(F)F)cc2)[CH]C1C(N)=O. The van der Waals surface area contributed by atoms with Gasteiger partial charge in [0.05, 0.1) is 11.6 Å². The number of carbonyl (C=O) groups is 1. The van der Waals surface area contributed by atoms with Gasteiger partial charge in [0.1, 0.15) is 0 Å². The normalized spacial score (nSPS) is 24.6. The molecule has 1 heterocycles. The molecule has 2 atom stereocenters. The first-order valence-electron chi connectivity index (χ1n) is 5.81. The first kappa shape index (κ1) is 13.9. The predicted octanol–water partition coefficient (Wildman–Crippen LogP) is 1.79. The lowest BCUT2D eigenvalue weighted by Crippen LogP contribution is -2.37. The summed E-state index contributed by atoms with van der Waals surface area (Å²) in [7, 11) is 1.76. The Morgan fingerprint density at radius 1 is 1.32 bits per heavy atom. The van der Waals surface area contributed by atoms with Crippen LogP contribution in [-0.4, -0.2) is 30.4 Å². The second-order valence-electron chi connectivity index (χ2n) is 4.71. The summed E-state index contributed by atoms with van der Waals surface area (Å²) in [5.41, 5.74) is 5.33. The number of amides is 1. The molecule has 0 spiro atoms. The number of benzene rings is 1. The first-order valence-corrected chi connectivity index (χ1v) is 5.81. The smallest absolute Gasteiger partial charge is 0.368 e. The summed E-state index contributed by atoms with van der Waals surface area (Å²) in [6, 6.07) is 4.54. The number of likely N-dealkylation sites (N-methyl/N-ethyl adjacent to an activating group) is 1. The molecule has 2 N–H and O–H groups in total. The predicted molar refractivity (Wildman–Crippen MR) is 64.1 cm³/mol. The minimum Gasteiger partial charge on any atom is -0.368 e. The summed E-state index contributed by atoms with van der Waals surface area (Å²) < 4.78 is 37.3. The van der Waals surface area contributed by atoms with Crippen LogP contribution in [0.3, 0.4) is 0 Å². The van der Waals surface area contributed by atoms with Crippen LogP contribution in [0.25, 0.3) is 0 Å². The largest absolute Gasteiger partial charge is 0.416 e. The second-order valence-corrected chi connectivity index (χ2v) is 4.71. The molecule has 3 nitrogen and oxygen atoms in total. The van der Waals surface area contributed by atoms with Crippen LogP contribution < -0.4 is 5.73 Å². The highest BCUT2D eigenvalue weighted by atomic mass is 19.4. The molecule has 19 heavy (non-hydrogen) atoms.